The molecule has 0 aromatic carbocycles. The van der Waals surface area contributed by atoms with Crippen LogP contribution in [0.4, 0.5) is 0 Å². The summed E-state index contributed by atoms with van der Waals surface area (Å²) in [5.41, 5.74) is 0. The van der Waals surface area contributed by atoms with E-state index in [1.807, 2.05) is 11.3 Å². The Morgan fingerprint density at radius 2 is 1.60 bits per heavy atom. The first-order valence-corrected chi connectivity index (χ1v) is 7.10. The van der Waals surface area contributed by atoms with Crippen LogP contribution in [0.25, 0.3) is 19.5 Å². The molecule has 0 bridgehead atoms. The fourth-order valence-corrected chi connectivity index (χ4v) is 3.96. The van der Waals surface area contributed by atoms with E-state index < -0.39 is 0 Å². The van der Waals surface area contributed by atoms with Gasteiger partial charge in [0.15, 0.2) is 0 Å². The largest absolute Gasteiger partial charge is 0.143 e. The minimum absolute atomic E-state index is 1.24. The number of thiophene rings is 3. The third kappa shape index (κ3) is 1.78. The van der Waals surface area contributed by atoms with Crippen molar-refractivity contribution in [2.45, 2.75) is 0 Å². The second-order valence-corrected chi connectivity index (χ2v) is 5.99. The van der Waals surface area contributed by atoms with Crippen molar-refractivity contribution >= 4 is 34.0 Å². The van der Waals surface area contributed by atoms with Gasteiger partial charge < -0.3 is 0 Å². The molecule has 0 atom stereocenters. The lowest BCUT2D eigenvalue weighted by atomic mass is 10.3. The lowest BCUT2D eigenvalue weighted by Gasteiger charge is -1.89. The van der Waals surface area contributed by atoms with Gasteiger partial charge in [-0.2, -0.15) is 0 Å². The van der Waals surface area contributed by atoms with Gasteiger partial charge in [-0.3, -0.25) is 0 Å². The van der Waals surface area contributed by atoms with Crippen LogP contribution >= 0.6 is 34.0 Å². The predicted molar refractivity (Wildman–Crippen MR) is 69.8 cm³/mol. The molecule has 3 aromatic rings. The first kappa shape index (κ1) is 9.33. The van der Waals surface area contributed by atoms with E-state index in [1.165, 1.54) is 19.5 Å². The minimum atomic E-state index is 1.24. The van der Waals surface area contributed by atoms with E-state index in [2.05, 4.69) is 47.2 Å². The van der Waals surface area contributed by atoms with Crippen molar-refractivity contribution in [3.63, 3.8) is 0 Å². The van der Waals surface area contributed by atoms with Crippen LogP contribution in [-0.2, 0) is 0 Å². The summed E-state index contributed by atoms with van der Waals surface area (Å²) in [7, 11) is 0. The summed E-state index contributed by atoms with van der Waals surface area (Å²) in [5.74, 6) is 0. The Morgan fingerprint density at radius 1 is 0.867 bits per heavy atom. The van der Waals surface area contributed by atoms with E-state index in [9.17, 15) is 0 Å². The first-order chi connectivity index (χ1) is 7.43. The van der Waals surface area contributed by atoms with Crippen molar-refractivity contribution in [1.29, 1.82) is 0 Å². The third-order valence-electron chi connectivity index (χ3n) is 2.06. The van der Waals surface area contributed by atoms with Gasteiger partial charge >= 0.3 is 0 Å². The molecule has 3 heteroatoms. The molecule has 0 unspecified atom stereocenters. The summed E-state index contributed by atoms with van der Waals surface area (Å²) in [6, 6.07) is 13.9. The number of hydrogen-bond acceptors (Lipinski definition) is 3. The fourth-order valence-electron chi connectivity index (χ4n) is 1.37. The molecule has 0 aliphatic heterocycles. The van der Waals surface area contributed by atoms with Crippen LogP contribution < -0.4 is 0 Å². The van der Waals surface area contributed by atoms with E-state index in [1.54, 1.807) is 22.7 Å². The average Bonchev–Trinajstić information content (AvgIpc) is 3.02. The molecule has 0 amide bonds. The number of hydrogen-bond donors (Lipinski definition) is 0. The summed E-state index contributed by atoms with van der Waals surface area (Å²) >= 11 is 5.36. The third-order valence-corrected chi connectivity index (χ3v) is 5.20. The normalized spacial score (nSPS) is 10.7. The summed E-state index contributed by atoms with van der Waals surface area (Å²) < 4.78 is 0. The smallest absolute Gasteiger partial charge is 0.0528 e. The minimum Gasteiger partial charge on any atom is -0.143 e. The second kappa shape index (κ2) is 3.93. The first-order valence-electron chi connectivity index (χ1n) is 4.53. The van der Waals surface area contributed by atoms with Gasteiger partial charge in [-0.05, 0) is 29.0 Å². The van der Waals surface area contributed by atoms with Crippen molar-refractivity contribution < 1.29 is 0 Å². The van der Waals surface area contributed by atoms with Gasteiger partial charge in [0, 0.05) is 20.7 Å². The van der Waals surface area contributed by atoms with Crippen LogP contribution in [0.2, 0.25) is 0 Å². The Balaban J connectivity index is 2.02. The van der Waals surface area contributed by atoms with E-state index in [-0.39, 0.29) is 0 Å². The molecule has 1 radical (unpaired) electrons. The molecule has 3 aromatic heterocycles. The molecule has 15 heavy (non-hydrogen) atoms. The Hall–Kier alpha value is -0.900. The molecule has 0 saturated heterocycles. The standard InChI is InChI=1S/C12H7S3/c1-3-9(13-7-1)11-5-6-12(15-11)10-4-2-8-14-10/h1-5,7-8H. The Bertz CT molecular complexity index is 480. The zero-order valence-electron chi connectivity index (χ0n) is 7.77. The van der Waals surface area contributed by atoms with E-state index in [4.69, 9.17) is 0 Å². The fraction of sp³-hybridized carbons (Fsp3) is 0. The second-order valence-electron chi connectivity index (χ2n) is 3.04. The topological polar surface area (TPSA) is 0 Å². The zero-order valence-corrected chi connectivity index (χ0v) is 10.2. The predicted octanol–water partition coefficient (Wildman–Crippen LogP) is 5.01. The molecule has 73 valence electrons. The highest BCUT2D eigenvalue weighted by molar-refractivity contribution is 7.25. The van der Waals surface area contributed by atoms with Crippen molar-refractivity contribution in [1.82, 2.24) is 0 Å². The van der Waals surface area contributed by atoms with Gasteiger partial charge in [0.25, 0.3) is 0 Å². The van der Waals surface area contributed by atoms with E-state index in [0.717, 1.165) is 0 Å². The molecule has 0 aliphatic rings. The monoisotopic (exact) mass is 247 g/mol. The highest BCUT2D eigenvalue weighted by atomic mass is 32.1. The van der Waals surface area contributed by atoms with E-state index >= 15 is 0 Å². The van der Waals surface area contributed by atoms with Gasteiger partial charge in [-0.15, -0.1) is 34.0 Å². The van der Waals surface area contributed by atoms with Gasteiger partial charge in [0.1, 0.15) is 0 Å². The van der Waals surface area contributed by atoms with E-state index in [0.29, 0.717) is 0 Å². The maximum Gasteiger partial charge on any atom is 0.0528 e. The Labute approximate surface area is 100 Å². The number of rotatable bonds is 2. The maximum absolute atomic E-state index is 3.33. The van der Waals surface area contributed by atoms with Crippen molar-refractivity contribution in [2.75, 3.05) is 0 Å². The molecule has 3 heterocycles. The van der Waals surface area contributed by atoms with Crippen molar-refractivity contribution in [3.8, 4) is 19.5 Å². The average molecular weight is 247 g/mol. The van der Waals surface area contributed by atoms with Crippen LogP contribution in [0.5, 0.6) is 0 Å². The Kier molecular flexibility index (Phi) is 2.44. The zero-order chi connectivity index (χ0) is 10.1. The van der Waals surface area contributed by atoms with Crippen molar-refractivity contribution in [2.24, 2.45) is 0 Å². The van der Waals surface area contributed by atoms with Gasteiger partial charge in [0.2, 0.25) is 0 Å². The van der Waals surface area contributed by atoms with Crippen LogP contribution in [0, 0.1) is 6.07 Å². The highest BCUT2D eigenvalue weighted by Gasteiger charge is 2.06. The van der Waals surface area contributed by atoms with Crippen LogP contribution in [0.3, 0.4) is 0 Å². The van der Waals surface area contributed by atoms with Crippen molar-refractivity contribution in [3.05, 3.63) is 47.2 Å². The summed E-state index contributed by atoms with van der Waals surface area (Å²) in [6.07, 6.45) is 0. The van der Waals surface area contributed by atoms with Crippen LogP contribution in [0.15, 0.2) is 41.1 Å². The molecule has 3 rings (SSSR count). The quantitative estimate of drug-likeness (QED) is 0.597. The lowest BCUT2D eigenvalue weighted by molar-refractivity contribution is 1.89. The van der Waals surface area contributed by atoms with Gasteiger partial charge in [-0.1, -0.05) is 12.1 Å². The lowest BCUT2D eigenvalue weighted by Crippen LogP contribution is -1.57. The summed E-state index contributed by atoms with van der Waals surface area (Å²) in [5, 5.41) is 4.22. The molecule has 0 aliphatic carbocycles. The molecular formula is C12H7S3. The van der Waals surface area contributed by atoms with Gasteiger partial charge in [-0.25, -0.2) is 0 Å². The summed E-state index contributed by atoms with van der Waals surface area (Å²) in [4.78, 5) is 5.20. The molecule has 0 fully saturated rings. The highest BCUT2D eigenvalue weighted by Crippen LogP contribution is 2.37. The molecule has 0 saturated carbocycles. The molecule has 0 spiro atoms. The van der Waals surface area contributed by atoms with Crippen LogP contribution in [-0.4, -0.2) is 0 Å². The molecular weight excluding hydrogens is 240 g/mol. The van der Waals surface area contributed by atoms with Gasteiger partial charge in [0.05, 0.1) is 4.88 Å². The maximum atomic E-state index is 3.33. The Morgan fingerprint density at radius 3 is 2.27 bits per heavy atom. The SMILES string of the molecule is [c]1cc(-c2cccs2)sc1-c1cccs1. The summed E-state index contributed by atoms with van der Waals surface area (Å²) in [6.45, 7) is 0. The molecule has 0 N–H and O–H groups in total. The molecule has 0 nitrogen and oxygen atoms in total. The van der Waals surface area contributed by atoms with Crippen LogP contribution in [0.1, 0.15) is 0 Å².